The van der Waals surface area contributed by atoms with Gasteiger partial charge >= 0.3 is 0 Å². The Labute approximate surface area is 224 Å². The topological polar surface area (TPSA) is 80.3 Å². The maximum atomic E-state index is 12.5. The Morgan fingerprint density at radius 1 is 1.05 bits per heavy atom. The lowest BCUT2D eigenvalue weighted by Gasteiger charge is -2.29. The number of nitrogens with one attached hydrogen (secondary N) is 1. The number of likely N-dealkylation sites (tertiary alicyclic amines) is 1. The molecule has 0 bridgehead atoms. The summed E-state index contributed by atoms with van der Waals surface area (Å²) in [6.45, 7) is 2.38. The molecule has 0 radical (unpaired) electrons. The Kier molecular flexibility index (Phi) is 10.2. The third kappa shape index (κ3) is 8.17. The van der Waals surface area contributed by atoms with Crippen LogP contribution >= 0.6 is 12.4 Å². The van der Waals surface area contributed by atoms with Crippen LogP contribution in [0.15, 0.2) is 72.8 Å². The van der Waals surface area contributed by atoms with E-state index in [4.69, 9.17) is 14.2 Å². The van der Waals surface area contributed by atoms with Gasteiger partial charge in [0.2, 0.25) is 5.91 Å². The summed E-state index contributed by atoms with van der Waals surface area (Å²) in [4.78, 5) is 14.8. The summed E-state index contributed by atoms with van der Waals surface area (Å²) in [5.41, 5.74) is 2.20. The number of para-hydroxylation sites is 1. The lowest BCUT2D eigenvalue weighted by Crippen LogP contribution is -2.35. The van der Waals surface area contributed by atoms with E-state index in [2.05, 4.69) is 17.3 Å². The summed E-state index contributed by atoms with van der Waals surface area (Å²) in [5, 5.41) is 12.8. The van der Waals surface area contributed by atoms with E-state index in [1.807, 2.05) is 48.5 Å². The molecular formula is C29H33ClN2O5. The summed E-state index contributed by atoms with van der Waals surface area (Å²) < 4.78 is 17.2. The monoisotopic (exact) mass is 524 g/mol. The molecule has 2 N–H and O–H groups in total. The number of anilines is 1. The summed E-state index contributed by atoms with van der Waals surface area (Å²) in [7, 11) is 3.62. The van der Waals surface area contributed by atoms with Gasteiger partial charge in [0.1, 0.15) is 24.2 Å². The number of benzene rings is 3. The fraction of sp³-hybridized carbons (Fsp3) is 0.276. The van der Waals surface area contributed by atoms with Gasteiger partial charge in [-0.2, -0.15) is 0 Å². The van der Waals surface area contributed by atoms with Crippen molar-refractivity contribution in [1.82, 2.24) is 4.90 Å². The summed E-state index contributed by atoms with van der Waals surface area (Å²) in [6, 6.07) is 20.1. The molecule has 37 heavy (non-hydrogen) atoms. The van der Waals surface area contributed by atoms with E-state index >= 15 is 0 Å². The molecule has 0 spiro atoms. The number of phenolic OH excluding ortho intramolecular Hbond substituents is 1. The second-order valence-electron chi connectivity index (χ2n) is 8.80. The number of piperidine rings is 1. The van der Waals surface area contributed by atoms with Gasteiger partial charge in [0, 0.05) is 36.5 Å². The first kappa shape index (κ1) is 27.9. The van der Waals surface area contributed by atoms with Crippen molar-refractivity contribution >= 4 is 30.1 Å². The average Bonchev–Trinajstić information content (AvgIpc) is 2.89. The molecular weight excluding hydrogens is 492 g/mol. The van der Waals surface area contributed by atoms with Crippen LogP contribution in [-0.2, 0) is 11.4 Å². The number of rotatable bonds is 9. The van der Waals surface area contributed by atoms with Gasteiger partial charge in [-0.05, 0) is 61.9 Å². The van der Waals surface area contributed by atoms with Gasteiger partial charge < -0.3 is 29.5 Å². The van der Waals surface area contributed by atoms with E-state index in [9.17, 15) is 9.90 Å². The number of carbonyl (C=O) groups is 1. The number of ether oxygens (including phenoxy) is 3. The van der Waals surface area contributed by atoms with Crippen LogP contribution in [0.1, 0.15) is 24.0 Å². The molecule has 1 aliphatic rings. The molecule has 8 heteroatoms. The van der Waals surface area contributed by atoms with Crippen LogP contribution in [0.25, 0.3) is 6.08 Å². The van der Waals surface area contributed by atoms with Gasteiger partial charge in [0.25, 0.3) is 0 Å². The molecule has 3 aromatic carbocycles. The van der Waals surface area contributed by atoms with E-state index < -0.39 is 0 Å². The van der Waals surface area contributed by atoms with Crippen LogP contribution in [0.2, 0.25) is 0 Å². The third-order valence-corrected chi connectivity index (χ3v) is 6.07. The number of halogens is 1. The first-order valence-electron chi connectivity index (χ1n) is 12.0. The van der Waals surface area contributed by atoms with Crippen LogP contribution in [0.4, 0.5) is 5.69 Å². The number of methoxy groups -OCH3 is 1. The van der Waals surface area contributed by atoms with Crippen LogP contribution in [0.3, 0.4) is 0 Å². The standard InChI is InChI=1S/C29H32N2O5.ClH/c1-31-16-14-23(15-17-31)36-25-8-5-7-24(19-25)35-20-22-6-3-4-9-26(22)30-29(33)13-11-21-10-12-28(34-2)27(32)18-21;/h3-13,18-19,23,32H,14-17,20H2,1-2H3,(H,30,33);1H. The van der Waals surface area contributed by atoms with E-state index in [1.54, 1.807) is 18.2 Å². The highest BCUT2D eigenvalue weighted by atomic mass is 35.5. The van der Waals surface area contributed by atoms with Crippen molar-refractivity contribution in [3.8, 4) is 23.0 Å². The van der Waals surface area contributed by atoms with Crippen LogP contribution < -0.4 is 19.5 Å². The number of hydrogen-bond acceptors (Lipinski definition) is 6. The molecule has 4 rings (SSSR count). The number of nitrogens with zero attached hydrogens (tertiary/aromatic N) is 1. The maximum Gasteiger partial charge on any atom is 0.248 e. The zero-order valence-electron chi connectivity index (χ0n) is 21.1. The van der Waals surface area contributed by atoms with Crippen LogP contribution in [-0.4, -0.2) is 49.3 Å². The molecule has 1 aliphatic heterocycles. The lowest BCUT2D eigenvalue weighted by molar-refractivity contribution is -0.111. The van der Waals surface area contributed by atoms with E-state index in [0.29, 0.717) is 29.4 Å². The van der Waals surface area contributed by atoms with E-state index in [0.717, 1.165) is 37.2 Å². The normalized spacial score (nSPS) is 14.1. The minimum absolute atomic E-state index is 0. The first-order valence-corrected chi connectivity index (χ1v) is 12.0. The molecule has 0 unspecified atom stereocenters. The largest absolute Gasteiger partial charge is 0.504 e. The molecule has 1 heterocycles. The fourth-order valence-corrected chi connectivity index (χ4v) is 4.02. The van der Waals surface area contributed by atoms with Gasteiger partial charge in [0.05, 0.1) is 7.11 Å². The second kappa shape index (κ2) is 13.6. The number of hydrogen-bond donors (Lipinski definition) is 2. The van der Waals surface area contributed by atoms with Gasteiger partial charge in [-0.3, -0.25) is 4.79 Å². The minimum Gasteiger partial charge on any atom is -0.504 e. The van der Waals surface area contributed by atoms with Crippen molar-refractivity contribution in [3.63, 3.8) is 0 Å². The second-order valence-corrected chi connectivity index (χ2v) is 8.80. The van der Waals surface area contributed by atoms with Gasteiger partial charge in [-0.1, -0.05) is 30.3 Å². The number of aromatic hydroxyl groups is 1. The van der Waals surface area contributed by atoms with Crippen molar-refractivity contribution in [1.29, 1.82) is 0 Å². The van der Waals surface area contributed by atoms with Crippen molar-refractivity contribution in [2.24, 2.45) is 0 Å². The molecule has 0 saturated carbocycles. The highest BCUT2D eigenvalue weighted by Gasteiger charge is 2.18. The number of phenols is 1. The Morgan fingerprint density at radius 2 is 1.81 bits per heavy atom. The minimum atomic E-state index is -0.286. The van der Waals surface area contributed by atoms with Crippen molar-refractivity contribution in [2.75, 3.05) is 32.6 Å². The highest BCUT2D eigenvalue weighted by Crippen LogP contribution is 2.27. The number of amides is 1. The first-order chi connectivity index (χ1) is 17.5. The summed E-state index contributed by atoms with van der Waals surface area (Å²) in [5.74, 6) is 1.62. The van der Waals surface area contributed by atoms with Crippen molar-refractivity contribution in [2.45, 2.75) is 25.6 Å². The summed E-state index contributed by atoms with van der Waals surface area (Å²) in [6.07, 6.45) is 5.31. The molecule has 1 saturated heterocycles. The van der Waals surface area contributed by atoms with Crippen LogP contribution in [0, 0.1) is 0 Å². The molecule has 1 amide bonds. The Bertz CT molecular complexity index is 1210. The van der Waals surface area contributed by atoms with Crippen LogP contribution in [0.5, 0.6) is 23.0 Å². The Hall–Kier alpha value is -3.68. The predicted octanol–water partition coefficient (Wildman–Crippen LogP) is 5.53. The fourth-order valence-electron chi connectivity index (χ4n) is 4.02. The van der Waals surface area contributed by atoms with E-state index in [-0.39, 0.29) is 30.2 Å². The Balaban J connectivity index is 0.00000380. The number of carbonyl (C=O) groups excluding carboxylic acids is 1. The van der Waals surface area contributed by atoms with Crippen molar-refractivity contribution < 1.29 is 24.1 Å². The molecule has 7 nitrogen and oxygen atoms in total. The average molecular weight is 525 g/mol. The highest BCUT2D eigenvalue weighted by molar-refractivity contribution is 6.02. The maximum absolute atomic E-state index is 12.5. The zero-order chi connectivity index (χ0) is 25.3. The lowest BCUT2D eigenvalue weighted by atomic mass is 10.1. The molecule has 3 aromatic rings. The van der Waals surface area contributed by atoms with Gasteiger partial charge in [0.15, 0.2) is 11.5 Å². The molecule has 0 aromatic heterocycles. The zero-order valence-corrected chi connectivity index (χ0v) is 21.9. The Morgan fingerprint density at radius 3 is 2.57 bits per heavy atom. The molecule has 1 fully saturated rings. The molecule has 196 valence electrons. The third-order valence-electron chi connectivity index (χ3n) is 6.07. The van der Waals surface area contributed by atoms with Crippen molar-refractivity contribution in [3.05, 3.63) is 83.9 Å². The quantitative estimate of drug-likeness (QED) is 0.358. The van der Waals surface area contributed by atoms with E-state index in [1.165, 1.54) is 19.3 Å². The SMILES string of the molecule is COc1ccc(C=CC(=O)Nc2ccccc2COc2cccc(OC3CCN(C)CC3)c2)cc1O.Cl. The molecule has 0 aliphatic carbocycles. The van der Waals surface area contributed by atoms with Gasteiger partial charge in [-0.15, -0.1) is 12.4 Å². The smallest absolute Gasteiger partial charge is 0.248 e. The van der Waals surface area contributed by atoms with Gasteiger partial charge in [-0.25, -0.2) is 0 Å². The summed E-state index contributed by atoms with van der Waals surface area (Å²) >= 11 is 0. The predicted molar refractivity (Wildman–Crippen MR) is 148 cm³/mol. The molecule has 0 atom stereocenters.